The molecule has 25 heavy (non-hydrogen) atoms. The fourth-order valence-electron chi connectivity index (χ4n) is 2.59. The molecule has 0 saturated heterocycles. The number of ether oxygens (including phenoxy) is 1. The molecule has 0 atom stereocenters. The predicted octanol–water partition coefficient (Wildman–Crippen LogP) is -1.30. The van der Waals surface area contributed by atoms with Crippen molar-refractivity contribution in [3.63, 3.8) is 0 Å². The van der Waals surface area contributed by atoms with Gasteiger partial charge in [-0.25, -0.2) is 0 Å². The SMILES string of the molecule is CCCC(=O)OC(=O)CCC(c1ccccc1)c1ccccc1.[H-].[H-].[Na+].[Na+]. The summed E-state index contributed by atoms with van der Waals surface area (Å²) in [4.78, 5) is 23.2. The molecular weight excluding hydrogens is 334 g/mol. The molecule has 0 bridgehead atoms. The van der Waals surface area contributed by atoms with E-state index >= 15 is 0 Å². The molecule has 3 nitrogen and oxygen atoms in total. The van der Waals surface area contributed by atoms with Crippen LogP contribution in [0.3, 0.4) is 0 Å². The number of rotatable bonds is 7. The molecule has 0 spiro atoms. The standard InChI is InChI=1S/C20H22O3.2Na.2H/c1-2-9-19(21)23-20(22)15-14-18(16-10-5-3-6-11-16)17-12-7-4-8-13-17;;;;/h3-8,10-13,18H,2,9,14-15H2,1H3;;;;/q;2*+1;2*-1. The summed E-state index contributed by atoms with van der Waals surface area (Å²) < 4.78 is 4.84. The molecule has 0 N–H and O–H groups in total. The fraction of sp³-hybridized carbons (Fsp3) is 0.300. The summed E-state index contributed by atoms with van der Waals surface area (Å²) >= 11 is 0. The Morgan fingerprint density at radius 2 is 1.28 bits per heavy atom. The summed E-state index contributed by atoms with van der Waals surface area (Å²) in [6.45, 7) is 1.88. The van der Waals surface area contributed by atoms with Crippen LogP contribution in [0.1, 0.15) is 52.5 Å². The van der Waals surface area contributed by atoms with E-state index in [1.807, 2.05) is 43.3 Å². The van der Waals surface area contributed by atoms with E-state index in [1.54, 1.807) is 0 Å². The summed E-state index contributed by atoms with van der Waals surface area (Å²) in [5.74, 6) is -0.764. The average Bonchev–Trinajstić information content (AvgIpc) is 2.57. The largest absolute Gasteiger partial charge is 1.00 e. The van der Waals surface area contributed by atoms with Crippen molar-refractivity contribution in [2.75, 3.05) is 0 Å². The molecule has 0 aliphatic heterocycles. The second kappa shape index (κ2) is 13.7. The summed E-state index contributed by atoms with van der Waals surface area (Å²) in [6, 6.07) is 20.2. The van der Waals surface area contributed by atoms with Crippen molar-refractivity contribution in [3.8, 4) is 0 Å². The Kier molecular flexibility index (Phi) is 13.5. The van der Waals surface area contributed by atoms with Gasteiger partial charge in [-0.3, -0.25) is 9.59 Å². The summed E-state index contributed by atoms with van der Waals surface area (Å²) in [5.41, 5.74) is 2.32. The molecule has 5 heteroatoms. The first kappa shape index (κ1) is 24.6. The zero-order valence-electron chi connectivity index (χ0n) is 17.4. The smallest absolute Gasteiger partial charge is 1.00 e. The number of esters is 2. The third kappa shape index (κ3) is 8.67. The topological polar surface area (TPSA) is 43.4 Å². The van der Waals surface area contributed by atoms with Gasteiger partial charge >= 0.3 is 71.1 Å². The van der Waals surface area contributed by atoms with Gasteiger partial charge < -0.3 is 7.59 Å². The molecule has 0 radical (unpaired) electrons. The van der Waals surface area contributed by atoms with Crippen LogP contribution in [0.2, 0.25) is 0 Å². The minimum absolute atomic E-state index is 0. The summed E-state index contributed by atoms with van der Waals surface area (Å²) in [7, 11) is 0. The molecule has 0 saturated carbocycles. The van der Waals surface area contributed by atoms with Crippen LogP contribution in [0.4, 0.5) is 0 Å². The van der Waals surface area contributed by atoms with Gasteiger partial charge in [0.05, 0.1) is 0 Å². The number of hydrogen-bond donors (Lipinski definition) is 0. The van der Waals surface area contributed by atoms with Crippen LogP contribution in [0, 0.1) is 0 Å². The van der Waals surface area contributed by atoms with Gasteiger partial charge in [0.25, 0.3) is 0 Å². The molecule has 2 rings (SSSR count). The molecule has 0 aromatic heterocycles. The zero-order chi connectivity index (χ0) is 16.5. The van der Waals surface area contributed by atoms with Gasteiger partial charge in [-0.05, 0) is 24.0 Å². The van der Waals surface area contributed by atoms with Gasteiger partial charge in [-0.15, -0.1) is 0 Å². The summed E-state index contributed by atoms with van der Waals surface area (Å²) in [5, 5.41) is 0. The van der Waals surface area contributed by atoms with Crippen LogP contribution in [0.5, 0.6) is 0 Å². The van der Waals surface area contributed by atoms with Crippen LogP contribution in [0.15, 0.2) is 60.7 Å². The summed E-state index contributed by atoms with van der Waals surface area (Å²) in [6.07, 6.45) is 1.81. The first-order valence-corrected chi connectivity index (χ1v) is 8.04. The predicted molar refractivity (Wildman–Crippen MR) is 92.2 cm³/mol. The first-order valence-electron chi connectivity index (χ1n) is 8.04. The third-order valence-corrected chi connectivity index (χ3v) is 3.72. The van der Waals surface area contributed by atoms with E-state index in [0.29, 0.717) is 12.8 Å². The molecule has 0 aliphatic rings. The normalized spacial score (nSPS) is 9.68. The maximum absolute atomic E-state index is 11.9. The molecule has 124 valence electrons. The maximum Gasteiger partial charge on any atom is 1.00 e. The van der Waals surface area contributed by atoms with Crippen molar-refractivity contribution in [2.45, 2.75) is 38.5 Å². The first-order chi connectivity index (χ1) is 11.2. The Morgan fingerprint density at radius 3 is 1.72 bits per heavy atom. The Balaban J connectivity index is -0.00000144. The Bertz CT molecular complexity index is 601. The number of hydrogen-bond acceptors (Lipinski definition) is 3. The Hall–Kier alpha value is -0.420. The van der Waals surface area contributed by atoms with Gasteiger partial charge in [0.15, 0.2) is 0 Å². The van der Waals surface area contributed by atoms with Crippen molar-refractivity contribution in [2.24, 2.45) is 0 Å². The van der Waals surface area contributed by atoms with Gasteiger partial charge in [0, 0.05) is 18.8 Å². The van der Waals surface area contributed by atoms with E-state index < -0.39 is 11.9 Å². The van der Waals surface area contributed by atoms with Crippen molar-refractivity contribution < 1.29 is 76.3 Å². The van der Waals surface area contributed by atoms with E-state index in [1.165, 1.54) is 0 Å². The minimum atomic E-state index is -0.444. The number of carbonyl (C=O) groups excluding carboxylic acids is 2. The fourth-order valence-corrected chi connectivity index (χ4v) is 2.59. The van der Waals surface area contributed by atoms with E-state index in [2.05, 4.69) is 24.3 Å². The van der Waals surface area contributed by atoms with Crippen molar-refractivity contribution >= 4 is 11.9 Å². The van der Waals surface area contributed by atoms with Crippen molar-refractivity contribution in [1.29, 1.82) is 0 Å². The third-order valence-electron chi connectivity index (χ3n) is 3.72. The molecule has 2 aromatic carbocycles. The zero-order valence-corrected chi connectivity index (χ0v) is 19.4. The van der Waals surface area contributed by atoms with Crippen molar-refractivity contribution in [3.05, 3.63) is 71.8 Å². The number of benzene rings is 2. The quantitative estimate of drug-likeness (QED) is 0.351. The molecule has 0 unspecified atom stereocenters. The maximum atomic E-state index is 11.9. The van der Waals surface area contributed by atoms with Gasteiger partial charge in [0.2, 0.25) is 0 Å². The Labute approximate surface area is 197 Å². The second-order valence-electron chi connectivity index (χ2n) is 5.51. The average molecular weight is 358 g/mol. The van der Waals surface area contributed by atoms with E-state index in [0.717, 1.165) is 11.1 Å². The monoisotopic (exact) mass is 358 g/mol. The molecule has 0 aliphatic carbocycles. The van der Waals surface area contributed by atoms with Crippen LogP contribution in [-0.4, -0.2) is 11.9 Å². The second-order valence-corrected chi connectivity index (χ2v) is 5.51. The van der Waals surface area contributed by atoms with Crippen LogP contribution in [-0.2, 0) is 14.3 Å². The van der Waals surface area contributed by atoms with Gasteiger partial charge in [-0.2, -0.15) is 0 Å². The van der Waals surface area contributed by atoms with E-state index in [9.17, 15) is 9.59 Å². The molecular formula is C20H24Na2O3. The van der Waals surface area contributed by atoms with Gasteiger partial charge in [0.1, 0.15) is 0 Å². The Morgan fingerprint density at radius 1 is 0.840 bits per heavy atom. The van der Waals surface area contributed by atoms with Crippen LogP contribution in [0.25, 0.3) is 0 Å². The molecule has 2 aromatic rings. The van der Waals surface area contributed by atoms with E-state index in [-0.39, 0.29) is 80.7 Å². The molecule has 0 amide bonds. The minimum Gasteiger partial charge on any atom is -1.00 e. The molecule has 0 heterocycles. The molecule has 0 fully saturated rings. The van der Waals surface area contributed by atoms with Gasteiger partial charge in [-0.1, -0.05) is 67.6 Å². The van der Waals surface area contributed by atoms with E-state index in [4.69, 9.17) is 4.74 Å². The van der Waals surface area contributed by atoms with Crippen molar-refractivity contribution in [1.82, 2.24) is 0 Å². The van der Waals surface area contributed by atoms with Crippen LogP contribution >= 0.6 is 0 Å². The number of carbonyl (C=O) groups is 2. The van der Waals surface area contributed by atoms with Crippen LogP contribution < -0.4 is 59.1 Å².